The standard InChI is InChI=1S/C16H24N2O4/c1-20-9-6-17-7-10-21-12-13-4-5-18(11-14(13)17)16(19)15-3-2-8-22-15/h2-3,8,13-14H,4-7,9-12H2,1H3/t13-,14-/m1/s1. The molecular weight excluding hydrogens is 284 g/mol. The molecule has 0 unspecified atom stereocenters. The Labute approximate surface area is 131 Å². The summed E-state index contributed by atoms with van der Waals surface area (Å²) in [6.07, 6.45) is 2.52. The van der Waals surface area contributed by atoms with Crippen LogP contribution in [0.3, 0.4) is 0 Å². The third-order valence-corrected chi connectivity index (χ3v) is 4.65. The first kappa shape index (κ1) is 15.5. The molecule has 1 amide bonds. The number of fused-ring (bicyclic) bond motifs is 1. The molecule has 0 aliphatic carbocycles. The number of rotatable bonds is 4. The van der Waals surface area contributed by atoms with E-state index in [4.69, 9.17) is 13.9 Å². The van der Waals surface area contributed by atoms with Crippen molar-refractivity contribution in [1.82, 2.24) is 9.80 Å². The van der Waals surface area contributed by atoms with Crippen molar-refractivity contribution in [1.29, 1.82) is 0 Å². The molecule has 0 N–H and O–H groups in total. The van der Waals surface area contributed by atoms with Crippen LogP contribution in [0.1, 0.15) is 17.0 Å². The van der Waals surface area contributed by atoms with Crippen LogP contribution in [0.4, 0.5) is 0 Å². The lowest BCUT2D eigenvalue weighted by Gasteiger charge is -2.42. The highest BCUT2D eigenvalue weighted by atomic mass is 16.5. The van der Waals surface area contributed by atoms with Gasteiger partial charge in [-0.25, -0.2) is 0 Å². The summed E-state index contributed by atoms with van der Waals surface area (Å²) in [6, 6.07) is 3.82. The summed E-state index contributed by atoms with van der Waals surface area (Å²) >= 11 is 0. The monoisotopic (exact) mass is 308 g/mol. The van der Waals surface area contributed by atoms with Crippen LogP contribution in [0.2, 0.25) is 0 Å². The Balaban J connectivity index is 1.69. The summed E-state index contributed by atoms with van der Waals surface area (Å²) in [7, 11) is 1.72. The number of carbonyl (C=O) groups excluding carboxylic acids is 1. The van der Waals surface area contributed by atoms with Crippen molar-refractivity contribution in [2.45, 2.75) is 12.5 Å². The highest BCUT2D eigenvalue weighted by Crippen LogP contribution is 2.26. The number of carbonyl (C=O) groups is 1. The molecule has 2 aliphatic rings. The van der Waals surface area contributed by atoms with Crippen LogP contribution in [-0.4, -0.2) is 74.9 Å². The Morgan fingerprint density at radius 1 is 1.45 bits per heavy atom. The summed E-state index contributed by atoms with van der Waals surface area (Å²) in [5.74, 6) is 0.895. The van der Waals surface area contributed by atoms with Crippen LogP contribution in [0.15, 0.2) is 22.8 Å². The molecule has 2 fully saturated rings. The molecule has 2 atom stereocenters. The van der Waals surface area contributed by atoms with Crippen LogP contribution in [0, 0.1) is 5.92 Å². The average Bonchev–Trinajstić information content (AvgIpc) is 3.01. The quantitative estimate of drug-likeness (QED) is 0.833. The molecule has 0 radical (unpaired) electrons. The van der Waals surface area contributed by atoms with E-state index in [-0.39, 0.29) is 5.91 Å². The first-order valence-electron chi connectivity index (χ1n) is 7.93. The van der Waals surface area contributed by atoms with Crippen LogP contribution < -0.4 is 0 Å². The van der Waals surface area contributed by atoms with Crippen molar-refractivity contribution >= 4 is 5.91 Å². The van der Waals surface area contributed by atoms with Crippen LogP contribution in [0.5, 0.6) is 0 Å². The number of piperidine rings is 1. The van der Waals surface area contributed by atoms with Gasteiger partial charge in [-0.1, -0.05) is 0 Å². The van der Waals surface area contributed by atoms with Gasteiger partial charge in [0.15, 0.2) is 5.76 Å². The first-order valence-corrected chi connectivity index (χ1v) is 7.93. The van der Waals surface area contributed by atoms with Crippen molar-refractivity contribution in [3.8, 4) is 0 Å². The minimum atomic E-state index is -0.0136. The van der Waals surface area contributed by atoms with Gasteiger partial charge in [0.05, 0.1) is 26.1 Å². The van der Waals surface area contributed by atoms with Crippen molar-refractivity contribution in [3.05, 3.63) is 24.2 Å². The van der Waals surface area contributed by atoms with Gasteiger partial charge in [-0.3, -0.25) is 9.69 Å². The van der Waals surface area contributed by atoms with Crippen LogP contribution in [-0.2, 0) is 9.47 Å². The zero-order chi connectivity index (χ0) is 15.4. The number of hydrogen-bond donors (Lipinski definition) is 0. The molecule has 0 spiro atoms. The van der Waals surface area contributed by atoms with E-state index in [9.17, 15) is 4.79 Å². The Morgan fingerprint density at radius 3 is 3.14 bits per heavy atom. The van der Waals surface area contributed by atoms with Gasteiger partial charge in [-0.05, 0) is 18.6 Å². The van der Waals surface area contributed by atoms with E-state index < -0.39 is 0 Å². The number of likely N-dealkylation sites (tertiary alicyclic amines) is 1. The van der Waals surface area contributed by atoms with Crippen molar-refractivity contribution in [3.63, 3.8) is 0 Å². The summed E-state index contributed by atoms with van der Waals surface area (Å²) in [6.45, 7) is 5.52. The van der Waals surface area contributed by atoms with E-state index >= 15 is 0 Å². The van der Waals surface area contributed by atoms with E-state index in [2.05, 4.69) is 4.90 Å². The van der Waals surface area contributed by atoms with Gasteiger partial charge >= 0.3 is 0 Å². The molecule has 1 aromatic rings. The Kier molecular flexibility index (Phi) is 5.12. The lowest BCUT2D eigenvalue weighted by atomic mass is 9.91. The molecule has 2 saturated heterocycles. The maximum Gasteiger partial charge on any atom is 0.289 e. The Morgan fingerprint density at radius 2 is 2.36 bits per heavy atom. The van der Waals surface area contributed by atoms with Gasteiger partial charge in [0.1, 0.15) is 0 Å². The van der Waals surface area contributed by atoms with Gasteiger partial charge in [0, 0.05) is 45.2 Å². The second-order valence-corrected chi connectivity index (χ2v) is 5.95. The lowest BCUT2D eigenvalue weighted by molar-refractivity contribution is 0.0310. The summed E-state index contributed by atoms with van der Waals surface area (Å²) in [5, 5.41) is 0. The smallest absolute Gasteiger partial charge is 0.289 e. The molecule has 0 bridgehead atoms. The molecule has 3 rings (SSSR count). The largest absolute Gasteiger partial charge is 0.459 e. The molecular formula is C16H24N2O4. The van der Waals surface area contributed by atoms with Gasteiger partial charge in [-0.15, -0.1) is 0 Å². The highest BCUT2D eigenvalue weighted by Gasteiger charge is 2.37. The van der Waals surface area contributed by atoms with E-state index in [0.717, 1.165) is 45.8 Å². The molecule has 122 valence electrons. The number of amides is 1. The van der Waals surface area contributed by atoms with Crippen LogP contribution in [0.25, 0.3) is 0 Å². The fourth-order valence-corrected chi connectivity index (χ4v) is 3.40. The maximum absolute atomic E-state index is 12.5. The summed E-state index contributed by atoms with van der Waals surface area (Å²) in [5.41, 5.74) is 0. The predicted molar refractivity (Wildman–Crippen MR) is 80.8 cm³/mol. The minimum Gasteiger partial charge on any atom is -0.459 e. The lowest BCUT2D eigenvalue weighted by Crippen LogP contribution is -2.55. The molecule has 0 aromatic carbocycles. The average molecular weight is 308 g/mol. The number of nitrogens with zero attached hydrogens (tertiary/aromatic N) is 2. The molecule has 6 heteroatoms. The number of furan rings is 1. The van der Waals surface area contributed by atoms with Crippen molar-refractivity contribution in [2.24, 2.45) is 5.92 Å². The fourth-order valence-electron chi connectivity index (χ4n) is 3.40. The Hall–Kier alpha value is -1.37. The molecule has 0 saturated carbocycles. The van der Waals surface area contributed by atoms with E-state index in [1.165, 1.54) is 0 Å². The van der Waals surface area contributed by atoms with E-state index in [1.807, 2.05) is 4.90 Å². The SMILES string of the molecule is COCCN1CCOC[C@H]2CCN(C(=O)c3ccco3)C[C@H]21. The molecule has 2 aliphatic heterocycles. The Bertz CT molecular complexity index is 477. The van der Waals surface area contributed by atoms with Gasteiger partial charge in [0.2, 0.25) is 0 Å². The number of methoxy groups -OCH3 is 1. The zero-order valence-corrected chi connectivity index (χ0v) is 13.1. The summed E-state index contributed by atoms with van der Waals surface area (Å²) in [4.78, 5) is 16.8. The topological polar surface area (TPSA) is 55.2 Å². The molecule has 1 aromatic heterocycles. The first-order chi connectivity index (χ1) is 10.8. The minimum absolute atomic E-state index is 0.0136. The van der Waals surface area contributed by atoms with Gasteiger partial charge in [0.25, 0.3) is 5.91 Å². The third-order valence-electron chi connectivity index (χ3n) is 4.65. The normalized spacial score (nSPS) is 26.5. The molecule has 6 nitrogen and oxygen atoms in total. The van der Waals surface area contributed by atoms with E-state index in [1.54, 1.807) is 25.5 Å². The number of ether oxygens (including phenoxy) is 2. The highest BCUT2D eigenvalue weighted by molar-refractivity contribution is 5.91. The van der Waals surface area contributed by atoms with Gasteiger partial charge in [-0.2, -0.15) is 0 Å². The second kappa shape index (κ2) is 7.26. The number of hydrogen-bond acceptors (Lipinski definition) is 5. The summed E-state index contributed by atoms with van der Waals surface area (Å²) < 4.78 is 16.2. The van der Waals surface area contributed by atoms with Gasteiger partial charge < -0.3 is 18.8 Å². The van der Waals surface area contributed by atoms with Crippen LogP contribution >= 0.6 is 0 Å². The second-order valence-electron chi connectivity index (χ2n) is 5.95. The van der Waals surface area contributed by atoms with Crippen molar-refractivity contribution < 1.29 is 18.7 Å². The molecule has 22 heavy (non-hydrogen) atoms. The predicted octanol–water partition coefficient (Wildman–Crippen LogP) is 1.09. The third kappa shape index (κ3) is 3.34. The fraction of sp³-hybridized carbons (Fsp3) is 0.688. The van der Waals surface area contributed by atoms with Crippen molar-refractivity contribution in [2.75, 3.05) is 53.1 Å². The van der Waals surface area contributed by atoms with E-state index in [0.29, 0.717) is 24.3 Å². The zero-order valence-electron chi connectivity index (χ0n) is 13.1. The molecule has 3 heterocycles. The maximum atomic E-state index is 12.5.